The first-order chi connectivity index (χ1) is 9.61. The molecule has 0 aliphatic rings. The minimum absolute atomic E-state index is 0.141. The van der Waals surface area contributed by atoms with Crippen molar-refractivity contribution in [1.82, 2.24) is 14.9 Å². The minimum atomic E-state index is -0.141. The first kappa shape index (κ1) is 14.0. The molecule has 0 bridgehead atoms. The van der Waals surface area contributed by atoms with Gasteiger partial charge in [0.05, 0.1) is 12.4 Å². The predicted octanol–water partition coefficient (Wildman–Crippen LogP) is 2.10. The molecule has 5 heteroatoms. The van der Waals surface area contributed by atoms with Crippen LogP contribution in [0.25, 0.3) is 0 Å². The number of aromatic nitrogens is 2. The van der Waals surface area contributed by atoms with Gasteiger partial charge in [0.15, 0.2) is 0 Å². The Kier molecular flexibility index (Phi) is 4.30. The molecule has 20 heavy (non-hydrogen) atoms. The Morgan fingerprint density at radius 1 is 1.30 bits per heavy atom. The number of carbonyl (C=O) groups excluding carboxylic acids is 1. The molecule has 0 aliphatic heterocycles. The maximum Gasteiger partial charge on any atom is 0.274 e. The third-order valence-electron chi connectivity index (χ3n) is 3.13. The molecule has 1 amide bonds. The molecule has 1 heterocycles. The van der Waals surface area contributed by atoms with Crippen LogP contribution in [0.4, 0.5) is 5.82 Å². The van der Waals surface area contributed by atoms with Crippen LogP contribution in [0, 0.1) is 6.92 Å². The smallest absolute Gasteiger partial charge is 0.274 e. The van der Waals surface area contributed by atoms with Gasteiger partial charge in [-0.25, -0.2) is 4.98 Å². The van der Waals surface area contributed by atoms with Crippen molar-refractivity contribution in [2.45, 2.75) is 13.5 Å². The maximum atomic E-state index is 12.3. The van der Waals surface area contributed by atoms with Gasteiger partial charge in [0.25, 0.3) is 5.91 Å². The zero-order valence-electron chi connectivity index (χ0n) is 11.9. The van der Waals surface area contributed by atoms with Gasteiger partial charge in [-0.15, -0.1) is 0 Å². The fraction of sp³-hybridized carbons (Fsp3) is 0.267. The summed E-state index contributed by atoms with van der Waals surface area (Å²) in [6.45, 7) is 2.59. The number of hydrogen-bond donors (Lipinski definition) is 1. The molecule has 1 N–H and O–H groups in total. The number of rotatable bonds is 4. The van der Waals surface area contributed by atoms with E-state index in [9.17, 15) is 4.79 Å². The molecule has 0 saturated carbocycles. The number of hydrogen-bond acceptors (Lipinski definition) is 4. The molecule has 0 saturated heterocycles. The summed E-state index contributed by atoms with van der Waals surface area (Å²) in [6, 6.07) is 8.02. The highest BCUT2D eigenvalue weighted by atomic mass is 16.2. The summed E-state index contributed by atoms with van der Waals surface area (Å²) in [5.74, 6) is 0.443. The second kappa shape index (κ2) is 6.14. The predicted molar refractivity (Wildman–Crippen MR) is 78.6 cm³/mol. The summed E-state index contributed by atoms with van der Waals surface area (Å²) in [5.41, 5.74) is 2.64. The Balaban J connectivity index is 2.14. The Morgan fingerprint density at radius 2 is 2.05 bits per heavy atom. The molecule has 0 radical (unpaired) electrons. The zero-order valence-corrected chi connectivity index (χ0v) is 11.9. The minimum Gasteiger partial charge on any atom is -0.372 e. The van der Waals surface area contributed by atoms with Crippen LogP contribution >= 0.6 is 0 Å². The average Bonchev–Trinajstić information content (AvgIpc) is 2.48. The fourth-order valence-corrected chi connectivity index (χ4v) is 1.90. The number of anilines is 1. The van der Waals surface area contributed by atoms with Gasteiger partial charge < -0.3 is 10.2 Å². The summed E-state index contributed by atoms with van der Waals surface area (Å²) in [6.07, 6.45) is 3.07. The van der Waals surface area contributed by atoms with Gasteiger partial charge in [-0.2, -0.15) is 0 Å². The van der Waals surface area contributed by atoms with E-state index in [0.717, 1.165) is 5.56 Å². The SMILES string of the molecule is CNc1cncc(C(=O)N(C)Cc2ccccc2C)n1. The van der Waals surface area contributed by atoms with Gasteiger partial charge in [-0.3, -0.25) is 9.78 Å². The third-order valence-corrected chi connectivity index (χ3v) is 3.13. The molecule has 1 aromatic heterocycles. The standard InChI is InChI=1S/C15H18N4O/c1-11-6-4-5-7-12(11)10-19(3)15(20)13-8-17-9-14(16-2)18-13/h4-9H,10H2,1-3H3,(H,16,18). The van der Waals surface area contributed by atoms with Gasteiger partial charge in [0.2, 0.25) is 0 Å². The molecule has 5 nitrogen and oxygen atoms in total. The van der Waals surface area contributed by atoms with Crippen LogP contribution in [-0.4, -0.2) is 34.9 Å². The van der Waals surface area contributed by atoms with Crippen LogP contribution in [-0.2, 0) is 6.54 Å². The van der Waals surface area contributed by atoms with Gasteiger partial charge in [-0.1, -0.05) is 24.3 Å². The quantitative estimate of drug-likeness (QED) is 0.924. The Labute approximate surface area is 118 Å². The molecule has 1 aromatic carbocycles. The van der Waals surface area contributed by atoms with Crippen molar-refractivity contribution in [3.8, 4) is 0 Å². The van der Waals surface area contributed by atoms with E-state index >= 15 is 0 Å². The molecule has 0 aliphatic carbocycles. The van der Waals surface area contributed by atoms with Gasteiger partial charge >= 0.3 is 0 Å². The number of nitrogens with zero attached hydrogens (tertiary/aromatic N) is 3. The lowest BCUT2D eigenvalue weighted by Gasteiger charge is -2.18. The molecular formula is C15H18N4O. The largest absolute Gasteiger partial charge is 0.372 e. The molecule has 0 spiro atoms. The lowest BCUT2D eigenvalue weighted by atomic mass is 10.1. The molecule has 2 aromatic rings. The lowest BCUT2D eigenvalue weighted by Crippen LogP contribution is -2.27. The normalized spacial score (nSPS) is 10.2. The van der Waals surface area contributed by atoms with Crippen molar-refractivity contribution >= 4 is 11.7 Å². The van der Waals surface area contributed by atoms with Crippen LogP contribution < -0.4 is 5.32 Å². The molecule has 2 rings (SSSR count). The Morgan fingerprint density at radius 3 is 2.75 bits per heavy atom. The van der Waals surface area contributed by atoms with Crippen molar-refractivity contribution in [2.75, 3.05) is 19.4 Å². The molecule has 104 valence electrons. The molecular weight excluding hydrogens is 252 g/mol. The van der Waals surface area contributed by atoms with Crippen LogP contribution in [0.1, 0.15) is 21.6 Å². The highest BCUT2D eigenvalue weighted by Gasteiger charge is 2.15. The average molecular weight is 270 g/mol. The van der Waals surface area contributed by atoms with E-state index in [-0.39, 0.29) is 5.91 Å². The van der Waals surface area contributed by atoms with E-state index in [4.69, 9.17) is 0 Å². The zero-order chi connectivity index (χ0) is 14.5. The van der Waals surface area contributed by atoms with Gasteiger partial charge in [-0.05, 0) is 18.1 Å². The van der Waals surface area contributed by atoms with Crippen molar-refractivity contribution in [3.05, 3.63) is 53.5 Å². The van der Waals surface area contributed by atoms with Crippen molar-refractivity contribution < 1.29 is 4.79 Å². The number of benzene rings is 1. The Hall–Kier alpha value is -2.43. The summed E-state index contributed by atoms with van der Waals surface area (Å²) < 4.78 is 0. The summed E-state index contributed by atoms with van der Waals surface area (Å²) in [4.78, 5) is 22.2. The van der Waals surface area contributed by atoms with Gasteiger partial charge in [0.1, 0.15) is 11.5 Å². The van der Waals surface area contributed by atoms with E-state index in [1.54, 1.807) is 25.2 Å². The number of amides is 1. The fourth-order valence-electron chi connectivity index (χ4n) is 1.90. The maximum absolute atomic E-state index is 12.3. The van der Waals surface area contributed by atoms with Crippen molar-refractivity contribution in [2.24, 2.45) is 0 Å². The lowest BCUT2D eigenvalue weighted by molar-refractivity contribution is 0.0779. The van der Waals surface area contributed by atoms with Crippen molar-refractivity contribution in [1.29, 1.82) is 0 Å². The van der Waals surface area contributed by atoms with Crippen LogP contribution in [0.15, 0.2) is 36.7 Å². The van der Waals surface area contributed by atoms with E-state index in [1.807, 2.05) is 31.2 Å². The van der Waals surface area contributed by atoms with E-state index < -0.39 is 0 Å². The molecule has 0 atom stereocenters. The number of aryl methyl sites for hydroxylation is 1. The number of carbonyl (C=O) groups is 1. The highest BCUT2D eigenvalue weighted by Crippen LogP contribution is 2.11. The van der Waals surface area contributed by atoms with E-state index in [1.165, 1.54) is 11.8 Å². The topological polar surface area (TPSA) is 58.1 Å². The van der Waals surface area contributed by atoms with Crippen LogP contribution in [0.2, 0.25) is 0 Å². The second-order valence-electron chi connectivity index (χ2n) is 4.63. The summed E-state index contributed by atoms with van der Waals surface area (Å²) in [5, 5.41) is 2.88. The third kappa shape index (κ3) is 3.12. The monoisotopic (exact) mass is 270 g/mol. The molecule has 0 unspecified atom stereocenters. The summed E-state index contributed by atoms with van der Waals surface area (Å²) in [7, 11) is 3.51. The summed E-state index contributed by atoms with van der Waals surface area (Å²) >= 11 is 0. The Bertz CT molecular complexity index is 612. The van der Waals surface area contributed by atoms with Crippen LogP contribution in [0.5, 0.6) is 0 Å². The number of nitrogens with one attached hydrogen (secondary N) is 1. The van der Waals surface area contributed by atoms with Crippen LogP contribution in [0.3, 0.4) is 0 Å². The first-order valence-corrected chi connectivity index (χ1v) is 6.41. The molecule has 0 fully saturated rings. The first-order valence-electron chi connectivity index (χ1n) is 6.41. The van der Waals surface area contributed by atoms with Gasteiger partial charge in [0, 0.05) is 20.6 Å². The van der Waals surface area contributed by atoms with Crippen molar-refractivity contribution in [3.63, 3.8) is 0 Å². The highest BCUT2D eigenvalue weighted by molar-refractivity contribution is 5.92. The van der Waals surface area contributed by atoms with E-state index in [2.05, 4.69) is 15.3 Å². The van der Waals surface area contributed by atoms with E-state index in [0.29, 0.717) is 18.1 Å². The second-order valence-corrected chi connectivity index (χ2v) is 4.63.